The molecule has 3 aliphatic rings. The first kappa shape index (κ1) is 19.4. The number of anilines is 1. The van der Waals surface area contributed by atoms with Crippen molar-refractivity contribution in [1.82, 2.24) is 9.47 Å². The van der Waals surface area contributed by atoms with E-state index >= 15 is 4.39 Å². The van der Waals surface area contributed by atoms with Crippen LogP contribution in [-0.4, -0.2) is 52.9 Å². The summed E-state index contributed by atoms with van der Waals surface area (Å²) in [5.74, 6) is -0.733. The van der Waals surface area contributed by atoms with Crippen LogP contribution in [0.25, 0.3) is 10.9 Å². The van der Waals surface area contributed by atoms with Crippen LogP contribution in [0, 0.1) is 5.82 Å². The van der Waals surface area contributed by atoms with Crippen LogP contribution in [-0.2, 0) is 0 Å². The number of hydrogen-bond donors (Lipinski definition) is 1. The predicted molar refractivity (Wildman–Crippen MR) is 111 cm³/mol. The lowest BCUT2D eigenvalue weighted by molar-refractivity contribution is 0.143. The van der Waals surface area contributed by atoms with Gasteiger partial charge in [0, 0.05) is 38.3 Å². The minimum Gasteiger partial charge on any atom is -0.449 e. The number of ether oxygens (including phenoxy) is 1. The van der Waals surface area contributed by atoms with E-state index < -0.39 is 17.4 Å². The number of pyridine rings is 1. The molecular formula is C22H26FN3O4. The maximum Gasteiger partial charge on any atom is 0.511 e. The van der Waals surface area contributed by atoms with Crippen molar-refractivity contribution in [2.75, 3.05) is 31.1 Å². The summed E-state index contributed by atoms with van der Waals surface area (Å²) in [6.07, 6.45) is 6.92. The van der Waals surface area contributed by atoms with Gasteiger partial charge in [-0.25, -0.2) is 9.18 Å². The van der Waals surface area contributed by atoms with Crippen LogP contribution < -0.4 is 15.1 Å². The van der Waals surface area contributed by atoms with Crippen molar-refractivity contribution in [3.05, 3.63) is 34.4 Å². The van der Waals surface area contributed by atoms with Crippen LogP contribution in [0.2, 0.25) is 0 Å². The van der Waals surface area contributed by atoms with Gasteiger partial charge in [0.1, 0.15) is 5.82 Å². The molecule has 7 nitrogen and oxygen atoms in total. The van der Waals surface area contributed by atoms with Gasteiger partial charge in [-0.15, -0.1) is 0 Å². The second-order valence-corrected chi connectivity index (χ2v) is 8.61. The van der Waals surface area contributed by atoms with Crippen LogP contribution in [0.3, 0.4) is 0 Å². The van der Waals surface area contributed by atoms with Gasteiger partial charge in [-0.3, -0.25) is 9.69 Å². The Hall–Kier alpha value is -2.61. The normalized spacial score (nSPS) is 20.8. The average molecular weight is 415 g/mol. The third-order valence-corrected chi connectivity index (χ3v) is 6.70. The molecule has 0 radical (unpaired) electrons. The summed E-state index contributed by atoms with van der Waals surface area (Å²) < 4.78 is 21.6. The van der Waals surface area contributed by atoms with E-state index in [0.29, 0.717) is 17.2 Å². The van der Waals surface area contributed by atoms with Crippen molar-refractivity contribution in [2.24, 2.45) is 0 Å². The Balaban J connectivity index is 1.48. The molecule has 0 atom stereocenters. The van der Waals surface area contributed by atoms with E-state index in [2.05, 4.69) is 14.5 Å². The van der Waals surface area contributed by atoms with Gasteiger partial charge >= 0.3 is 6.16 Å². The van der Waals surface area contributed by atoms with E-state index in [1.807, 2.05) is 4.57 Å². The maximum absolute atomic E-state index is 15.1. The molecule has 2 heterocycles. The summed E-state index contributed by atoms with van der Waals surface area (Å²) in [6.45, 7) is 3.35. The predicted octanol–water partition coefficient (Wildman–Crippen LogP) is 3.60. The fourth-order valence-electron chi connectivity index (χ4n) is 4.99. The number of hydrogen-bond acceptors (Lipinski definition) is 5. The van der Waals surface area contributed by atoms with Crippen LogP contribution in [0.1, 0.15) is 44.6 Å². The second kappa shape index (κ2) is 7.58. The molecule has 3 fully saturated rings. The molecule has 5 rings (SSSR count). The maximum atomic E-state index is 15.1. The fraction of sp³-hybridized carbons (Fsp3) is 0.545. The van der Waals surface area contributed by atoms with Crippen molar-refractivity contribution in [3.63, 3.8) is 0 Å². The SMILES string of the molecule is O=C(O)Oc1cn(C2CC2)c2cc(N3CCN(C4CCCC4)CC3)c(F)cc2c1=O. The number of piperazine rings is 1. The molecule has 2 aliphatic carbocycles. The zero-order valence-corrected chi connectivity index (χ0v) is 16.8. The summed E-state index contributed by atoms with van der Waals surface area (Å²) in [5, 5.41) is 9.08. The molecule has 8 heteroatoms. The van der Waals surface area contributed by atoms with Crippen molar-refractivity contribution in [1.29, 1.82) is 0 Å². The van der Waals surface area contributed by atoms with Crippen LogP contribution in [0.15, 0.2) is 23.1 Å². The van der Waals surface area contributed by atoms with Crippen molar-refractivity contribution < 1.29 is 19.0 Å². The van der Waals surface area contributed by atoms with Gasteiger partial charge in [0.05, 0.1) is 22.8 Å². The standard InChI is InChI=1S/C22H26FN3O4/c23-17-11-16-18(26(15-5-6-15)13-20(21(16)27)30-22(28)29)12-19(17)25-9-7-24(8-10-25)14-3-1-2-4-14/h11-15H,1-10H2,(H,28,29). The van der Waals surface area contributed by atoms with Gasteiger partial charge in [0.2, 0.25) is 5.43 Å². The van der Waals surface area contributed by atoms with Gasteiger partial charge in [0.15, 0.2) is 5.75 Å². The van der Waals surface area contributed by atoms with Gasteiger partial charge in [-0.2, -0.15) is 0 Å². The smallest absolute Gasteiger partial charge is 0.449 e. The Morgan fingerprint density at radius 2 is 1.73 bits per heavy atom. The molecule has 0 amide bonds. The Bertz CT molecular complexity index is 1030. The molecule has 0 spiro atoms. The van der Waals surface area contributed by atoms with E-state index in [1.54, 1.807) is 6.07 Å². The van der Waals surface area contributed by atoms with Crippen LogP contribution in [0.5, 0.6) is 5.75 Å². The molecule has 0 bridgehead atoms. The summed E-state index contributed by atoms with van der Waals surface area (Å²) in [7, 11) is 0. The second-order valence-electron chi connectivity index (χ2n) is 8.61. The number of aromatic nitrogens is 1. The Morgan fingerprint density at radius 1 is 1.03 bits per heavy atom. The summed E-state index contributed by atoms with van der Waals surface area (Å²) in [4.78, 5) is 28.2. The number of nitrogens with zero attached hydrogens (tertiary/aromatic N) is 3. The molecule has 1 aromatic carbocycles. The monoisotopic (exact) mass is 415 g/mol. The molecule has 0 unspecified atom stereocenters. The third-order valence-electron chi connectivity index (χ3n) is 6.70. The lowest BCUT2D eigenvalue weighted by Gasteiger charge is -2.39. The third kappa shape index (κ3) is 3.53. The first-order valence-electron chi connectivity index (χ1n) is 10.8. The van der Waals surface area contributed by atoms with E-state index in [0.717, 1.165) is 39.0 Å². The van der Waals surface area contributed by atoms with Crippen molar-refractivity contribution in [3.8, 4) is 5.75 Å². The average Bonchev–Trinajstić information content (AvgIpc) is 3.43. The van der Waals surface area contributed by atoms with Crippen LogP contribution >= 0.6 is 0 Å². The molecule has 1 N–H and O–H groups in total. The first-order valence-corrected chi connectivity index (χ1v) is 10.8. The molecular weight excluding hydrogens is 389 g/mol. The largest absolute Gasteiger partial charge is 0.511 e. The summed E-state index contributed by atoms with van der Waals surface area (Å²) >= 11 is 0. The van der Waals surface area contributed by atoms with Crippen molar-refractivity contribution in [2.45, 2.75) is 50.6 Å². The lowest BCUT2D eigenvalue weighted by atomic mass is 10.1. The summed E-state index contributed by atoms with van der Waals surface area (Å²) in [6, 6.07) is 3.84. The number of carboxylic acid groups (broad SMARTS) is 1. The molecule has 30 heavy (non-hydrogen) atoms. The van der Waals surface area contributed by atoms with Gasteiger partial charge in [-0.05, 0) is 37.8 Å². The van der Waals surface area contributed by atoms with Gasteiger partial charge < -0.3 is 19.3 Å². The highest BCUT2D eigenvalue weighted by Crippen LogP contribution is 2.39. The van der Waals surface area contributed by atoms with Crippen LogP contribution in [0.4, 0.5) is 14.9 Å². The van der Waals surface area contributed by atoms with E-state index in [1.165, 1.54) is 37.9 Å². The van der Waals surface area contributed by atoms with E-state index in [9.17, 15) is 9.59 Å². The number of rotatable bonds is 4. The number of halogens is 1. The highest BCUT2D eigenvalue weighted by molar-refractivity contribution is 5.85. The molecule has 1 saturated heterocycles. The molecule has 2 saturated carbocycles. The number of carbonyl (C=O) groups is 1. The van der Waals surface area contributed by atoms with E-state index in [-0.39, 0.29) is 17.2 Å². The lowest BCUT2D eigenvalue weighted by Crippen LogP contribution is -2.50. The fourth-order valence-corrected chi connectivity index (χ4v) is 4.99. The Morgan fingerprint density at radius 3 is 2.37 bits per heavy atom. The quantitative estimate of drug-likeness (QED) is 0.769. The molecule has 2 aromatic rings. The van der Waals surface area contributed by atoms with E-state index in [4.69, 9.17) is 5.11 Å². The minimum atomic E-state index is -1.55. The van der Waals surface area contributed by atoms with Crippen molar-refractivity contribution >= 4 is 22.7 Å². The Kier molecular flexibility index (Phi) is 4.89. The number of fused-ring (bicyclic) bond motifs is 1. The number of benzene rings is 1. The highest BCUT2D eigenvalue weighted by atomic mass is 19.1. The molecule has 1 aliphatic heterocycles. The topological polar surface area (TPSA) is 75.0 Å². The minimum absolute atomic E-state index is 0.159. The first-order chi connectivity index (χ1) is 14.5. The zero-order chi connectivity index (χ0) is 20.8. The summed E-state index contributed by atoms with van der Waals surface area (Å²) in [5.41, 5.74) is 0.546. The molecule has 1 aromatic heterocycles. The molecule has 160 valence electrons. The van der Waals surface area contributed by atoms with Gasteiger partial charge in [-0.1, -0.05) is 12.8 Å². The highest BCUT2D eigenvalue weighted by Gasteiger charge is 2.30. The Labute approximate surface area is 173 Å². The zero-order valence-electron chi connectivity index (χ0n) is 16.8. The van der Waals surface area contributed by atoms with Gasteiger partial charge in [0.25, 0.3) is 0 Å².